The van der Waals surface area contributed by atoms with Crippen LogP contribution in [-0.2, 0) is 21.8 Å². The highest BCUT2D eigenvalue weighted by molar-refractivity contribution is 7.09. The zero-order valence-corrected chi connectivity index (χ0v) is 31.5. The molecule has 0 aliphatic heterocycles. The van der Waals surface area contributed by atoms with Gasteiger partial charge in [0.15, 0.2) is 0 Å². The van der Waals surface area contributed by atoms with E-state index in [4.69, 9.17) is 13.6 Å². The number of ether oxygens (including phenoxy) is 2. The van der Waals surface area contributed by atoms with Gasteiger partial charge in [-0.2, -0.15) is 0 Å². The van der Waals surface area contributed by atoms with Gasteiger partial charge >= 0.3 is 5.97 Å². The van der Waals surface area contributed by atoms with Crippen LogP contribution in [0.4, 0.5) is 0 Å². The third-order valence-electron chi connectivity index (χ3n) is 9.68. The lowest BCUT2D eigenvalue weighted by molar-refractivity contribution is -0.131. The molecule has 0 bridgehead atoms. The molecule has 0 saturated carbocycles. The molecule has 6 rings (SSSR count). The van der Waals surface area contributed by atoms with E-state index in [-0.39, 0.29) is 5.97 Å². The molecule has 0 spiro atoms. The van der Waals surface area contributed by atoms with Crippen molar-refractivity contribution in [3.63, 3.8) is 0 Å². The van der Waals surface area contributed by atoms with Gasteiger partial charge in [0.25, 0.3) is 0 Å². The quantitative estimate of drug-likeness (QED) is 0.0588. The minimum atomic E-state index is -2.97. The number of hydrogen-bond donors (Lipinski definition) is 0. The Morgan fingerprint density at radius 1 is 0.471 bits per heavy atom. The smallest absolute Gasteiger partial charge is 0.308 e. The number of aryl methyl sites for hydroxylation is 2. The van der Waals surface area contributed by atoms with Crippen LogP contribution in [0.25, 0.3) is 0 Å². The van der Waals surface area contributed by atoms with Crippen molar-refractivity contribution in [1.82, 2.24) is 0 Å². The van der Waals surface area contributed by atoms with Gasteiger partial charge in [-0.25, -0.2) is 0 Å². The maximum Gasteiger partial charge on any atom is 0.308 e. The Balaban J connectivity index is 1.49. The summed E-state index contributed by atoms with van der Waals surface area (Å²) in [5.41, 5.74) is 2.24. The molecule has 6 heteroatoms. The molecular weight excluding hydrogens is 661 g/mol. The fourth-order valence-corrected chi connectivity index (χ4v) is 18.5. The van der Waals surface area contributed by atoms with E-state index in [1.807, 2.05) is 30.3 Å². The topological polar surface area (TPSA) is 44.8 Å². The van der Waals surface area contributed by atoms with E-state index in [0.29, 0.717) is 5.75 Å². The summed E-state index contributed by atoms with van der Waals surface area (Å²) >= 11 is 0. The van der Waals surface area contributed by atoms with Crippen LogP contribution in [0.5, 0.6) is 11.5 Å². The lowest BCUT2D eigenvalue weighted by Crippen LogP contribution is -2.72. The Kier molecular flexibility index (Phi) is 12.1. The van der Waals surface area contributed by atoms with Crippen LogP contribution in [0.1, 0.15) is 30.9 Å². The fraction of sp³-hybridized carbons (Fsp3) is 0.178. The van der Waals surface area contributed by atoms with Crippen LogP contribution >= 0.6 is 0 Å². The van der Waals surface area contributed by atoms with Gasteiger partial charge in [-0.15, -0.1) is 0 Å². The zero-order valence-electron chi connectivity index (χ0n) is 29.5. The van der Waals surface area contributed by atoms with Crippen molar-refractivity contribution in [2.75, 3.05) is 7.11 Å². The molecule has 0 radical (unpaired) electrons. The van der Waals surface area contributed by atoms with Crippen molar-refractivity contribution in [2.24, 2.45) is 0 Å². The first-order valence-corrected chi connectivity index (χ1v) is 22.1. The Bertz CT molecular complexity index is 1890. The van der Waals surface area contributed by atoms with E-state index in [0.717, 1.165) is 49.1 Å². The molecule has 6 aromatic carbocycles. The Morgan fingerprint density at radius 3 is 1.18 bits per heavy atom. The maximum absolute atomic E-state index is 12.0. The van der Waals surface area contributed by atoms with Crippen molar-refractivity contribution in [1.29, 1.82) is 0 Å². The third kappa shape index (κ3) is 8.48. The van der Waals surface area contributed by atoms with Gasteiger partial charge in [0, 0.05) is 6.92 Å². The van der Waals surface area contributed by atoms with Crippen LogP contribution in [0.15, 0.2) is 170 Å². The highest BCUT2D eigenvalue weighted by atomic mass is 28.4. The number of rotatable bonds is 16. The molecule has 0 unspecified atom stereocenters. The summed E-state index contributed by atoms with van der Waals surface area (Å²) < 4.78 is 19.8. The minimum Gasteiger partial charge on any atom is -0.496 e. The van der Waals surface area contributed by atoms with Crippen molar-refractivity contribution in [2.45, 2.75) is 44.7 Å². The number of methoxy groups -OCH3 is 1. The summed E-state index contributed by atoms with van der Waals surface area (Å²) in [6, 6.07) is 61.8. The second-order valence-electron chi connectivity index (χ2n) is 12.9. The third-order valence-corrected chi connectivity index (χ3v) is 19.6. The molecule has 0 aromatic heterocycles. The molecule has 51 heavy (non-hydrogen) atoms. The van der Waals surface area contributed by atoms with Crippen molar-refractivity contribution in [3.8, 4) is 11.5 Å². The molecule has 0 atom stereocenters. The molecule has 6 aromatic rings. The van der Waals surface area contributed by atoms with Gasteiger partial charge in [0.2, 0.25) is 16.6 Å². The average molecular weight is 707 g/mol. The monoisotopic (exact) mass is 706 g/mol. The highest BCUT2D eigenvalue weighted by Crippen LogP contribution is 2.29. The average Bonchev–Trinajstić information content (AvgIpc) is 3.19. The number of carbonyl (C=O) groups is 1. The zero-order chi connectivity index (χ0) is 35.4. The number of benzene rings is 6. The van der Waals surface area contributed by atoms with E-state index in [9.17, 15) is 4.79 Å². The summed E-state index contributed by atoms with van der Waals surface area (Å²) in [5.74, 6) is 1.25. The van der Waals surface area contributed by atoms with Gasteiger partial charge < -0.3 is 13.6 Å². The number of esters is 1. The molecule has 0 aliphatic carbocycles. The van der Waals surface area contributed by atoms with Gasteiger partial charge in [-0.05, 0) is 81.8 Å². The van der Waals surface area contributed by atoms with Gasteiger partial charge in [0.05, 0.1) is 7.11 Å². The standard InChI is InChI=1S/C45H46O4Si2/c1-37(46)48-45-34-18-16-22-39(45)24-20-36-51(42-29-11-5-12-30-42,43-31-13-6-14-32-43)49-50(40-25-7-3-8-26-40,41-27-9-4-10-28-41)35-19-23-38-21-15-17-33-44(38)47-2/h3-18,21-22,25-34H,19-20,23-24,35-36H2,1-2H3. The number of para-hydroxylation sites is 2. The van der Waals surface area contributed by atoms with Gasteiger partial charge in [-0.1, -0.05) is 158 Å². The largest absolute Gasteiger partial charge is 0.496 e. The predicted octanol–water partition coefficient (Wildman–Crippen LogP) is 7.72. The number of carbonyl (C=O) groups excluding carboxylic acids is 1. The first kappa shape index (κ1) is 35.8. The molecule has 0 fully saturated rings. The van der Waals surface area contributed by atoms with Gasteiger partial charge in [-0.3, -0.25) is 4.79 Å². The Hall–Kier alpha value is -5.02. The molecular formula is C45H46O4Si2. The minimum absolute atomic E-state index is 0.308. The lowest BCUT2D eigenvalue weighted by atomic mass is 10.1. The van der Waals surface area contributed by atoms with E-state index >= 15 is 0 Å². The van der Waals surface area contributed by atoms with Crippen LogP contribution in [0.3, 0.4) is 0 Å². The summed E-state index contributed by atoms with van der Waals surface area (Å²) in [6.45, 7) is 1.46. The van der Waals surface area contributed by atoms with E-state index < -0.39 is 16.6 Å². The Labute approximate surface area is 305 Å². The van der Waals surface area contributed by atoms with Crippen LogP contribution in [0.2, 0.25) is 12.1 Å². The maximum atomic E-state index is 12.0. The van der Waals surface area contributed by atoms with Crippen molar-refractivity contribution < 1.29 is 18.4 Å². The molecule has 0 saturated heterocycles. The molecule has 0 heterocycles. The van der Waals surface area contributed by atoms with Crippen LogP contribution < -0.4 is 30.2 Å². The summed E-state index contributed by atoms with van der Waals surface area (Å²) in [4.78, 5) is 12.0. The summed E-state index contributed by atoms with van der Waals surface area (Å²) in [6.07, 6.45) is 3.46. The van der Waals surface area contributed by atoms with Crippen molar-refractivity contribution in [3.05, 3.63) is 181 Å². The van der Waals surface area contributed by atoms with E-state index in [2.05, 4.69) is 140 Å². The first-order chi connectivity index (χ1) is 25.0. The lowest BCUT2D eigenvalue weighted by Gasteiger charge is -2.44. The van der Waals surface area contributed by atoms with Crippen LogP contribution in [0, 0.1) is 0 Å². The Morgan fingerprint density at radius 2 is 0.804 bits per heavy atom. The number of hydrogen-bond acceptors (Lipinski definition) is 4. The molecule has 0 aliphatic rings. The fourth-order valence-electron chi connectivity index (χ4n) is 7.31. The van der Waals surface area contributed by atoms with Crippen LogP contribution in [-0.4, -0.2) is 29.7 Å². The molecule has 258 valence electrons. The molecule has 4 nitrogen and oxygen atoms in total. The highest BCUT2D eigenvalue weighted by Gasteiger charge is 2.49. The summed E-state index contributed by atoms with van der Waals surface area (Å²) in [7, 11) is -4.16. The van der Waals surface area contributed by atoms with Crippen molar-refractivity contribution >= 4 is 43.4 Å². The molecule has 0 amide bonds. The second kappa shape index (κ2) is 17.3. The normalized spacial score (nSPS) is 11.6. The summed E-state index contributed by atoms with van der Waals surface area (Å²) in [5, 5.41) is 5.08. The SMILES string of the molecule is COc1ccccc1CCC[Si](O[Si](CCCc1ccccc1OC(C)=O)(c1ccccc1)c1ccccc1)(c1ccccc1)c1ccccc1. The van der Waals surface area contributed by atoms with Gasteiger partial charge in [0.1, 0.15) is 11.5 Å². The predicted molar refractivity (Wildman–Crippen MR) is 214 cm³/mol. The second-order valence-corrected chi connectivity index (χ2v) is 20.4. The van der Waals surface area contributed by atoms with E-state index in [1.165, 1.54) is 33.2 Å². The molecule has 0 N–H and O–H groups in total. The van der Waals surface area contributed by atoms with E-state index in [1.54, 1.807) is 7.11 Å². The first-order valence-electron chi connectivity index (χ1n) is 17.8.